The topological polar surface area (TPSA) is 109 Å². The van der Waals surface area contributed by atoms with E-state index in [9.17, 15) is 14.4 Å². The number of hydrogen-bond donors (Lipinski definition) is 3. The Labute approximate surface area is 176 Å². The molecule has 9 heteroatoms. The minimum absolute atomic E-state index is 0.270. The quantitative estimate of drug-likeness (QED) is 0.370. The summed E-state index contributed by atoms with van der Waals surface area (Å²) in [5, 5.41) is 7.03. The molecule has 9 nitrogen and oxygen atoms in total. The number of ether oxygens (including phenoxy) is 2. The average molecular weight is 418 g/mol. The number of benzene rings is 1. The molecular weight excluding hydrogens is 388 g/mol. The fraction of sp³-hybridized carbons (Fsp3) is 0.476. The zero-order valence-corrected chi connectivity index (χ0v) is 18.0. The number of carbonyl (C=O) groups is 3. The van der Waals surface area contributed by atoms with Crippen LogP contribution in [0.2, 0.25) is 0 Å². The van der Waals surface area contributed by atoms with Crippen molar-refractivity contribution in [2.45, 2.75) is 37.9 Å². The Morgan fingerprint density at radius 2 is 1.90 bits per heavy atom. The number of fused-ring (bicyclic) bond motifs is 2. The van der Waals surface area contributed by atoms with Gasteiger partial charge in [0, 0.05) is 7.05 Å². The summed E-state index contributed by atoms with van der Waals surface area (Å²) in [4.78, 5) is 37.7. The zero-order valence-electron chi connectivity index (χ0n) is 18.0. The second-order valence-corrected chi connectivity index (χ2v) is 7.03. The van der Waals surface area contributed by atoms with Crippen molar-refractivity contribution in [3.05, 3.63) is 41.5 Å². The number of esters is 1. The maximum absolute atomic E-state index is 13.1. The molecule has 1 aromatic carbocycles. The van der Waals surface area contributed by atoms with Crippen LogP contribution in [-0.2, 0) is 25.5 Å². The first kappa shape index (κ1) is 23.4. The molecule has 2 amide bonds. The SMILES string of the molecule is CNN(C)[C@@H]1C(=O)N[C@@H](C)C(=O)N[C@H](C(=O)OC)C/C=C/Cc2cc1ccc2OC. The summed E-state index contributed by atoms with van der Waals surface area (Å²) >= 11 is 0. The fourth-order valence-electron chi connectivity index (χ4n) is 3.26. The van der Waals surface area contributed by atoms with Gasteiger partial charge in [-0.25, -0.2) is 9.80 Å². The van der Waals surface area contributed by atoms with Gasteiger partial charge in [0.2, 0.25) is 11.8 Å². The van der Waals surface area contributed by atoms with E-state index in [1.807, 2.05) is 30.4 Å². The number of hydrazine groups is 1. The Balaban J connectivity index is 2.48. The highest BCUT2D eigenvalue weighted by molar-refractivity contribution is 5.92. The van der Waals surface area contributed by atoms with Gasteiger partial charge in [-0.1, -0.05) is 18.2 Å². The van der Waals surface area contributed by atoms with E-state index in [1.54, 1.807) is 33.1 Å². The van der Waals surface area contributed by atoms with Gasteiger partial charge in [-0.05, 0) is 50.1 Å². The van der Waals surface area contributed by atoms with E-state index in [0.717, 1.165) is 11.1 Å². The monoisotopic (exact) mass is 418 g/mol. The first-order valence-electron chi connectivity index (χ1n) is 9.73. The number of allylic oxidation sites excluding steroid dienone is 1. The minimum atomic E-state index is -0.845. The normalized spacial score (nSPS) is 23.7. The van der Waals surface area contributed by atoms with Crippen LogP contribution in [0, 0.1) is 0 Å². The lowest BCUT2D eigenvalue weighted by Crippen LogP contribution is -2.53. The van der Waals surface area contributed by atoms with Gasteiger partial charge < -0.3 is 20.1 Å². The van der Waals surface area contributed by atoms with Crippen LogP contribution in [0.3, 0.4) is 0 Å². The van der Waals surface area contributed by atoms with Gasteiger partial charge in [0.25, 0.3) is 0 Å². The van der Waals surface area contributed by atoms with Gasteiger partial charge in [0.05, 0.1) is 14.2 Å². The molecule has 3 N–H and O–H groups in total. The van der Waals surface area contributed by atoms with Crippen molar-refractivity contribution < 1.29 is 23.9 Å². The first-order chi connectivity index (χ1) is 14.3. The highest BCUT2D eigenvalue weighted by Crippen LogP contribution is 2.27. The number of carbonyl (C=O) groups excluding carboxylic acids is 3. The van der Waals surface area contributed by atoms with Gasteiger partial charge >= 0.3 is 5.97 Å². The number of hydrogen-bond acceptors (Lipinski definition) is 7. The van der Waals surface area contributed by atoms with Crippen LogP contribution in [0.15, 0.2) is 30.4 Å². The van der Waals surface area contributed by atoms with Crippen LogP contribution >= 0.6 is 0 Å². The van der Waals surface area contributed by atoms with Crippen molar-refractivity contribution in [1.82, 2.24) is 21.1 Å². The molecule has 164 valence electrons. The smallest absolute Gasteiger partial charge is 0.328 e. The summed E-state index contributed by atoms with van der Waals surface area (Å²) in [5.74, 6) is -0.669. The number of nitrogens with one attached hydrogen (secondary N) is 3. The van der Waals surface area contributed by atoms with E-state index in [-0.39, 0.29) is 12.3 Å². The van der Waals surface area contributed by atoms with Gasteiger partial charge in [0.1, 0.15) is 23.9 Å². The van der Waals surface area contributed by atoms with E-state index in [4.69, 9.17) is 9.47 Å². The molecule has 2 rings (SSSR count). The molecule has 0 radical (unpaired) electrons. The Morgan fingerprint density at radius 3 is 2.53 bits per heavy atom. The molecule has 0 fully saturated rings. The van der Waals surface area contributed by atoms with E-state index in [1.165, 1.54) is 7.11 Å². The third-order valence-corrected chi connectivity index (χ3v) is 5.04. The lowest BCUT2D eigenvalue weighted by atomic mass is 9.99. The summed E-state index contributed by atoms with van der Waals surface area (Å²) in [6.45, 7) is 1.57. The maximum atomic E-state index is 13.1. The van der Waals surface area contributed by atoms with Gasteiger partial charge in [-0.2, -0.15) is 0 Å². The molecule has 0 saturated heterocycles. The van der Waals surface area contributed by atoms with Gasteiger partial charge in [0.15, 0.2) is 0 Å². The fourth-order valence-corrected chi connectivity index (χ4v) is 3.26. The number of methoxy groups -OCH3 is 2. The number of likely N-dealkylation sites (N-methyl/N-ethyl adjacent to an activating group) is 1. The largest absolute Gasteiger partial charge is 0.496 e. The third kappa shape index (κ3) is 5.58. The van der Waals surface area contributed by atoms with Gasteiger partial charge in [-0.15, -0.1) is 0 Å². The Hall–Kier alpha value is -2.91. The first-order valence-corrected chi connectivity index (χ1v) is 9.73. The van der Waals surface area contributed by atoms with Crippen molar-refractivity contribution in [2.24, 2.45) is 0 Å². The molecule has 0 aromatic heterocycles. The van der Waals surface area contributed by atoms with Crippen molar-refractivity contribution in [3.63, 3.8) is 0 Å². The van der Waals surface area contributed by atoms with E-state index >= 15 is 0 Å². The van der Waals surface area contributed by atoms with Crippen LogP contribution in [-0.4, -0.2) is 63.2 Å². The van der Waals surface area contributed by atoms with E-state index < -0.39 is 30.0 Å². The Morgan fingerprint density at radius 1 is 1.17 bits per heavy atom. The molecular formula is C21H30N4O5. The molecule has 0 saturated carbocycles. The van der Waals surface area contributed by atoms with Gasteiger partial charge in [-0.3, -0.25) is 15.0 Å². The lowest BCUT2D eigenvalue weighted by molar-refractivity contribution is -0.145. The van der Waals surface area contributed by atoms with Crippen molar-refractivity contribution in [2.75, 3.05) is 28.3 Å². The molecule has 0 aliphatic carbocycles. The summed E-state index contributed by atoms with van der Waals surface area (Å²) in [6, 6.07) is 3.19. The molecule has 1 aliphatic rings. The molecule has 0 unspecified atom stereocenters. The van der Waals surface area contributed by atoms with Crippen LogP contribution in [0.25, 0.3) is 0 Å². The van der Waals surface area contributed by atoms with Crippen molar-refractivity contribution >= 4 is 17.8 Å². The summed E-state index contributed by atoms with van der Waals surface area (Å²) in [6.07, 6.45) is 4.52. The molecule has 1 aliphatic heterocycles. The highest BCUT2D eigenvalue weighted by Gasteiger charge is 2.30. The number of nitrogens with zero attached hydrogens (tertiary/aromatic N) is 1. The molecule has 30 heavy (non-hydrogen) atoms. The molecule has 0 spiro atoms. The summed E-state index contributed by atoms with van der Waals surface area (Å²) in [5.41, 5.74) is 4.61. The highest BCUT2D eigenvalue weighted by atomic mass is 16.5. The molecule has 1 aromatic rings. The van der Waals surface area contributed by atoms with E-state index in [0.29, 0.717) is 12.2 Å². The predicted octanol–water partition coefficient (Wildman–Crippen LogP) is 0.467. The van der Waals surface area contributed by atoms with E-state index in [2.05, 4.69) is 16.1 Å². The molecule has 1 heterocycles. The predicted molar refractivity (Wildman–Crippen MR) is 112 cm³/mol. The summed E-state index contributed by atoms with van der Waals surface area (Å²) in [7, 11) is 6.32. The van der Waals surface area contributed by atoms with Crippen LogP contribution in [0.1, 0.15) is 30.5 Å². The molecule has 2 bridgehead atoms. The second-order valence-electron chi connectivity index (χ2n) is 7.03. The lowest BCUT2D eigenvalue weighted by Gasteiger charge is -2.29. The van der Waals surface area contributed by atoms with Crippen LogP contribution in [0.4, 0.5) is 0 Å². The second kappa shape index (κ2) is 10.7. The minimum Gasteiger partial charge on any atom is -0.496 e. The molecule has 3 atom stereocenters. The van der Waals surface area contributed by atoms with Crippen molar-refractivity contribution in [3.8, 4) is 5.75 Å². The average Bonchev–Trinajstić information content (AvgIpc) is 2.74. The third-order valence-electron chi connectivity index (χ3n) is 5.04. The van der Waals surface area contributed by atoms with Crippen molar-refractivity contribution in [1.29, 1.82) is 0 Å². The number of rotatable bonds is 4. The van der Waals surface area contributed by atoms with Crippen LogP contribution in [0.5, 0.6) is 5.75 Å². The Kier molecular flexibility index (Phi) is 8.37. The maximum Gasteiger partial charge on any atom is 0.328 e. The Bertz CT molecular complexity index is 811. The zero-order chi connectivity index (χ0) is 22.3. The standard InChI is InChI=1S/C21H30N4O5/c1-13-19(26)24-16(21(28)30-5)9-7-6-8-14-12-15(10-11-17(14)29-4)18(20(27)23-13)25(3)22-2/h6-7,10-13,16,18,22H,8-9H2,1-5H3,(H,23,27)(H,24,26)/b7-6+/t13-,16-,18-/m0/s1. The number of amides is 2. The summed E-state index contributed by atoms with van der Waals surface area (Å²) < 4.78 is 10.2. The van der Waals surface area contributed by atoms with Crippen LogP contribution < -0.4 is 20.8 Å².